The van der Waals surface area contributed by atoms with Gasteiger partial charge in [-0.3, -0.25) is 9.78 Å². The van der Waals surface area contributed by atoms with Crippen molar-refractivity contribution in [3.63, 3.8) is 0 Å². The minimum absolute atomic E-state index is 0.200. The van der Waals surface area contributed by atoms with Crippen molar-refractivity contribution in [3.05, 3.63) is 65.7 Å². The largest absolute Gasteiger partial charge is 0.291 e. The summed E-state index contributed by atoms with van der Waals surface area (Å²) < 4.78 is 11.8. The van der Waals surface area contributed by atoms with E-state index in [2.05, 4.69) is 36.8 Å². The van der Waals surface area contributed by atoms with Crippen molar-refractivity contribution in [2.45, 2.75) is 3.23 Å². The summed E-state index contributed by atoms with van der Waals surface area (Å²) in [4.78, 5) is 16.2. The van der Waals surface area contributed by atoms with E-state index in [4.69, 9.17) is 0 Å². The van der Waals surface area contributed by atoms with Gasteiger partial charge in [0.25, 0.3) is 0 Å². The predicted molar refractivity (Wildman–Crippen MR) is 74.5 cm³/mol. The lowest BCUT2D eigenvalue weighted by Crippen LogP contribution is -2.22. The van der Waals surface area contributed by atoms with E-state index in [9.17, 15) is 9.18 Å². The third-order valence-electron chi connectivity index (χ3n) is 2.43. The molecule has 0 aliphatic rings. The molecule has 0 atom stereocenters. The summed E-state index contributed by atoms with van der Waals surface area (Å²) in [6, 6.07) is 8.88. The number of carbonyl (C=O) groups is 1. The van der Waals surface area contributed by atoms with Crippen molar-refractivity contribution < 1.29 is 9.18 Å². The summed E-state index contributed by atoms with van der Waals surface area (Å²) in [6.45, 7) is 0. The molecule has 0 aliphatic carbocycles. The van der Waals surface area contributed by atoms with Crippen LogP contribution in [0.15, 0.2) is 48.8 Å². The van der Waals surface area contributed by atoms with Crippen molar-refractivity contribution >= 4 is 37.6 Å². The van der Waals surface area contributed by atoms with Crippen molar-refractivity contribution in [2.24, 2.45) is 0 Å². The maximum absolute atomic E-state index is 12.8. The van der Waals surface area contributed by atoms with Crippen LogP contribution in [0, 0.1) is 5.82 Å². The highest BCUT2D eigenvalue weighted by atomic mass is 79.9. The van der Waals surface area contributed by atoms with Crippen LogP contribution in [0.2, 0.25) is 0 Å². The molecule has 92 valence electrons. The van der Waals surface area contributed by atoms with E-state index in [1.54, 1.807) is 24.5 Å². The third-order valence-corrected chi connectivity index (χ3v) is 4.07. The van der Waals surface area contributed by atoms with E-state index < -0.39 is 3.23 Å². The van der Waals surface area contributed by atoms with E-state index in [1.165, 1.54) is 24.3 Å². The average molecular weight is 373 g/mol. The van der Waals surface area contributed by atoms with Crippen molar-refractivity contribution in [1.29, 1.82) is 0 Å². The second-order valence-corrected chi connectivity index (χ2v) is 7.09. The Hall–Kier alpha value is -1.07. The molecule has 1 heterocycles. The van der Waals surface area contributed by atoms with Crippen molar-refractivity contribution in [2.75, 3.05) is 0 Å². The van der Waals surface area contributed by atoms with Crippen LogP contribution in [0.5, 0.6) is 0 Å². The topological polar surface area (TPSA) is 30.0 Å². The quantitative estimate of drug-likeness (QED) is 0.601. The summed E-state index contributed by atoms with van der Waals surface area (Å²) in [5.74, 6) is -0.570. The fourth-order valence-corrected chi connectivity index (χ4v) is 2.46. The van der Waals surface area contributed by atoms with Gasteiger partial charge in [-0.1, -0.05) is 31.9 Å². The van der Waals surface area contributed by atoms with Crippen molar-refractivity contribution in [3.8, 4) is 0 Å². The molecule has 0 saturated carbocycles. The van der Waals surface area contributed by atoms with E-state index in [1.807, 2.05) is 0 Å². The summed E-state index contributed by atoms with van der Waals surface area (Å²) in [6.07, 6.45) is 3.20. The number of halogens is 3. The second-order valence-electron chi connectivity index (χ2n) is 3.65. The number of pyridine rings is 1. The van der Waals surface area contributed by atoms with Gasteiger partial charge in [0.2, 0.25) is 0 Å². The van der Waals surface area contributed by atoms with E-state index in [0.29, 0.717) is 5.56 Å². The number of carbonyl (C=O) groups excluding carboxylic acids is 1. The van der Waals surface area contributed by atoms with Gasteiger partial charge in [-0.25, -0.2) is 4.39 Å². The van der Waals surface area contributed by atoms with Crippen LogP contribution in [0.4, 0.5) is 4.39 Å². The maximum atomic E-state index is 12.8. The molecule has 18 heavy (non-hydrogen) atoms. The van der Waals surface area contributed by atoms with Crippen LogP contribution < -0.4 is 0 Å². The Morgan fingerprint density at radius 3 is 2.17 bits per heavy atom. The minimum Gasteiger partial charge on any atom is -0.291 e. The first-order valence-corrected chi connectivity index (χ1v) is 6.69. The highest BCUT2D eigenvalue weighted by Crippen LogP contribution is 2.40. The minimum atomic E-state index is -1.03. The van der Waals surface area contributed by atoms with Gasteiger partial charge in [0.15, 0.2) is 9.02 Å². The van der Waals surface area contributed by atoms with E-state index in [-0.39, 0.29) is 11.6 Å². The molecule has 0 bridgehead atoms. The normalized spacial score (nSPS) is 11.3. The molecule has 0 radical (unpaired) electrons. The molecule has 2 aromatic rings. The molecular weight excluding hydrogens is 365 g/mol. The molecule has 0 spiro atoms. The predicted octanol–water partition coefficient (Wildman–Crippen LogP) is 4.05. The van der Waals surface area contributed by atoms with Gasteiger partial charge in [-0.15, -0.1) is 0 Å². The van der Waals surface area contributed by atoms with E-state index >= 15 is 0 Å². The van der Waals surface area contributed by atoms with Gasteiger partial charge in [-0.2, -0.15) is 0 Å². The molecule has 0 saturated heterocycles. The lowest BCUT2D eigenvalue weighted by molar-refractivity contribution is 0.0982. The molecule has 2 nitrogen and oxygen atoms in total. The van der Waals surface area contributed by atoms with Crippen LogP contribution in [-0.2, 0) is 3.23 Å². The first-order chi connectivity index (χ1) is 8.51. The lowest BCUT2D eigenvalue weighted by atomic mass is 10.0. The number of aromatic nitrogens is 1. The monoisotopic (exact) mass is 371 g/mol. The zero-order valence-corrected chi connectivity index (χ0v) is 12.3. The Morgan fingerprint density at radius 2 is 1.61 bits per heavy atom. The molecule has 1 aromatic heterocycles. The number of Topliss-reactive ketones (excluding diaryl/α,β-unsaturated/α-hetero) is 1. The molecule has 2 rings (SSSR count). The number of hydrogen-bond donors (Lipinski definition) is 0. The van der Waals surface area contributed by atoms with Gasteiger partial charge in [0.05, 0.1) is 0 Å². The highest BCUT2D eigenvalue weighted by molar-refractivity contribution is 9.25. The SMILES string of the molecule is O=C(c1ccc(F)cc1)C(Br)(Br)c1ccncc1. The van der Waals surface area contributed by atoms with Gasteiger partial charge in [0.1, 0.15) is 5.82 Å². The molecule has 0 N–H and O–H groups in total. The third kappa shape index (κ3) is 2.67. The summed E-state index contributed by atoms with van der Waals surface area (Å²) in [5.41, 5.74) is 1.15. The zero-order chi connectivity index (χ0) is 13.2. The fourth-order valence-electron chi connectivity index (χ4n) is 1.47. The number of hydrogen-bond acceptors (Lipinski definition) is 2. The molecule has 0 unspecified atom stereocenters. The second kappa shape index (κ2) is 5.28. The van der Waals surface area contributed by atoms with Crippen LogP contribution in [0.25, 0.3) is 0 Å². The Labute approximate surface area is 121 Å². The highest BCUT2D eigenvalue weighted by Gasteiger charge is 2.35. The molecule has 0 fully saturated rings. The lowest BCUT2D eigenvalue weighted by Gasteiger charge is -2.19. The first-order valence-electron chi connectivity index (χ1n) is 5.10. The summed E-state index contributed by atoms with van der Waals surface area (Å²) in [5, 5.41) is 0. The summed E-state index contributed by atoms with van der Waals surface area (Å²) >= 11 is 6.71. The number of benzene rings is 1. The molecule has 1 aromatic carbocycles. The smallest absolute Gasteiger partial charge is 0.194 e. The van der Waals surface area contributed by atoms with Gasteiger partial charge >= 0.3 is 0 Å². The standard InChI is InChI=1S/C13H8Br2FNO/c14-13(15,10-5-7-17-8-6-10)12(18)9-1-3-11(16)4-2-9/h1-8H. The maximum Gasteiger partial charge on any atom is 0.194 e. The van der Waals surface area contributed by atoms with Crippen LogP contribution in [0.3, 0.4) is 0 Å². The molecule has 5 heteroatoms. The van der Waals surface area contributed by atoms with Crippen LogP contribution >= 0.6 is 31.9 Å². The number of nitrogens with zero attached hydrogens (tertiary/aromatic N) is 1. The zero-order valence-electron chi connectivity index (χ0n) is 9.11. The Bertz CT molecular complexity index is 555. The molecule has 0 amide bonds. The van der Waals surface area contributed by atoms with Crippen LogP contribution in [0.1, 0.15) is 15.9 Å². The molecule has 0 aliphatic heterocycles. The number of ketones is 1. The van der Waals surface area contributed by atoms with Gasteiger partial charge in [0, 0.05) is 18.0 Å². The number of alkyl halides is 2. The summed E-state index contributed by atoms with van der Waals surface area (Å²) in [7, 11) is 0. The Kier molecular flexibility index (Phi) is 3.92. The average Bonchev–Trinajstić information content (AvgIpc) is 2.40. The Morgan fingerprint density at radius 1 is 1.06 bits per heavy atom. The van der Waals surface area contributed by atoms with Gasteiger partial charge < -0.3 is 0 Å². The first kappa shape index (κ1) is 13.4. The number of rotatable bonds is 3. The Balaban J connectivity index is 2.36. The van der Waals surface area contributed by atoms with Crippen molar-refractivity contribution in [1.82, 2.24) is 4.98 Å². The molecular formula is C13H8Br2FNO. The van der Waals surface area contributed by atoms with Gasteiger partial charge in [-0.05, 0) is 42.0 Å². The van der Waals surface area contributed by atoms with E-state index in [0.717, 1.165) is 5.56 Å². The fraction of sp³-hybridized carbons (Fsp3) is 0.0769. The van der Waals surface area contributed by atoms with Crippen LogP contribution in [-0.4, -0.2) is 10.8 Å².